The van der Waals surface area contributed by atoms with Gasteiger partial charge in [0.25, 0.3) is 10.0 Å². The standard InChI is InChI=1S/C16H24N6O5S3/c1-4-22(5-2)30(25,26)16-14(23)12(9-28-16)20-15(21-29(18)24)10(3)19-8-11-6-7-13(17)27-11/h6-7,9,19,23H,3-5,8,17-18H2,1-2H3,(H,20,21). The second-order valence-corrected chi connectivity index (χ2v) is 9.60. The van der Waals surface area contributed by atoms with Gasteiger partial charge in [0, 0.05) is 24.5 Å². The topological polar surface area (TPSA) is 182 Å². The fraction of sp³-hybridized carbons (Fsp3) is 0.312. The van der Waals surface area contributed by atoms with Crippen molar-refractivity contribution in [3.05, 3.63) is 35.5 Å². The van der Waals surface area contributed by atoms with Crippen molar-refractivity contribution < 1.29 is 22.5 Å². The van der Waals surface area contributed by atoms with Crippen molar-refractivity contribution in [2.75, 3.05) is 24.1 Å². The summed E-state index contributed by atoms with van der Waals surface area (Å²) < 4.78 is 46.8. The van der Waals surface area contributed by atoms with Gasteiger partial charge in [0.05, 0.1) is 17.9 Å². The third-order valence-corrected chi connectivity index (χ3v) is 7.79. The summed E-state index contributed by atoms with van der Waals surface area (Å²) in [4.78, 5) is 0. The molecule has 0 bridgehead atoms. The molecule has 0 aromatic carbocycles. The molecule has 2 aromatic heterocycles. The summed E-state index contributed by atoms with van der Waals surface area (Å²) in [5.74, 6) is 0.245. The van der Waals surface area contributed by atoms with Gasteiger partial charge < -0.3 is 30.4 Å². The molecule has 0 saturated carbocycles. The molecule has 166 valence electrons. The summed E-state index contributed by atoms with van der Waals surface area (Å²) in [5, 5.41) is 22.8. The van der Waals surface area contributed by atoms with E-state index in [4.69, 9.17) is 15.3 Å². The minimum atomic E-state index is -3.86. The summed E-state index contributed by atoms with van der Waals surface area (Å²) in [6.45, 7) is 7.92. The Morgan fingerprint density at radius 1 is 1.43 bits per heavy atom. The van der Waals surface area contributed by atoms with Gasteiger partial charge in [-0.2, -0.15) is 4.31 Å². The number of sulfonamides is 1. The maximum absolute atomic E-state index is 12.7. The predicted octanol–water partition coefficient (Wildman–Crippen LogP) is 1.31. The Labute approximate surface area is 182 Å². The zero-order valence-corrected chi connectivity index (χ0v) is 18.9. The number of nitrogens with zero attached hydrogens (tertiary/aromatic N) is 2. The molecule has 1 unspecified atom stereocenters. The van der Waals surface area contributed by atoms with Crippen molar-refractivity contribution >= 4 is 50.3 Å². The molecular formula is C16H24N6O5S3. The Kier molecular flexibility index (Phi) is 8.17. The number of nitrogens with one attached hydrogen (secondary N) is 2. The van der Waals surface area contributed by atoms with Crippen LogP contribution >= 0.6 is 11.3 Å². The number of rotatable bonds is 10. The number of anilines is 2. The van der Waals surface area contributed by atoms with Gasteiger partial charge in [0.15, 0.2) is 27.4 Å². The van der Waals surface area contributed by atoms with Gasteiger partial charge in [0.2, 0.25) is 5.84 Å². The van der Waals surface area contributed by atoms with Crippen LogP contribution in [-0.4, -0.2) is 41.3 Å². The van der Waals surface area contributed by atoms with Gasteiger partial charge in [-0.1, -0.05) is 20.4 Å². The van der Waals surface area contributed by atoms with Crippen molar-refractivity contribution in [2.45, 2.75) is 24.6 Å². The molecule has 2 rings (SSSR count). The normalized spacial score (nSPS) is 13.4. The number of aromatic hydroxyl groups is 1. The maximum Gasteiger partial charge on any atom is 0.256 e. The Balaban J connectivity index is 2.23. The Morgan fingerprint density at radius 2 is 2.10 bits per heavy atom. The first-order valence-electron chi connectivity index (χ1n) is 8.70. The van der Waals surface area contributed by atoms with Crippen LogP contribution in [0, 0.1) is 0 Å². The Bertz CT molecular complexity index is 1010. The molecule has 0 amide bonds. The summed E-state index contributed by atoms with van der Waals surface area (Å²) in [6, 6.07) is 3.25. The van der Waals surface area contributed by atoms with E-state index in [1.165, 1.54) is 9.69 Å². The lowest BCUT2D eigenvalue weighted by Crippen LogP contribution is -2.30. The summed E-state index contributed by atoms with van der Waals surface area (Å²) in [6.07, 6.45) is 0. The van der Waals surface area contributed by atoms with Crippen LogP contribution in [0.3, 0.4) is 0 Å². The molecule has 0 aliphatic rings. The van der Waals surface area contributed by atoms with Gasteiger partial charge in [-0.15, -0.1) is 16.5 Å². The average molecular weight is 477 g/mol. The van der Waals surface area contributed by atoms with E-state index < -0.39 is 27.3 Å². The maximum atomic E-state index is 12.7. The van der Waals surface area contributed by atoms with Gasteiger partial charge >= 0.3 is 0 Å². The summed E-state index contributed by atoms with van der Waals surface area (Å²) >= 11 is -1.24. The number of hydrogen-bond donors (Lipinski definition) is 5. The highest BCUT2D eigenvalue weighted by molar-refractivity contribution is 7.91. The number of thiophene rings is 1. The van der Waals surface area contributed by atoms with Crippen LogP contribution in [-0.2, 0) is 28.1 Å². The van der Waals surface area contributed by atoms with Gasteiger partial charge in [0.1, 0.15) is 5.76 Å². The van der Waals surface area contributed by atoms with Crippen LogP contribution in [0.1, 0.15) is 19.6 Å². The largest absolute Gasteiger partial charge is 0.572 e. The first-order valence-corrected chi connectivity index (χ1v) is 12.2. The number of nitrogen functional groups attached to an aromatic ring is 1. The second-order valence-electron chi connectivity index (χ2n) is 5.85. The fourth-order valence-corrected chi connectivity index (χ4v) is 5.59. The third kappa shape index (κ3) is 5.68. The quantitative estimate of drug-likeness (QED) is 0.192. The van der Waals surface area contributed by atoms with E-state index in [1.807, 2.05) is 0 Å². The van der Waals surface area contributed by atoms with Crippen molar-refractivity contribution in [2.24, 2.45) is 9.54 Å². The van der Waals surface area contributed by atoms with Crippen molar-refractivity contribution in [1.82, 2.24) is 9.62 Å². The minimum Gasteiger partial charge on any atom is -0.572 e. The van der Waals surface area contributed by atoms with E-state index in [0.717, 1.165) is 11.3 Å². The molecule has 2 aromatic rings. The molecule has 2 heterocycles. The summed E-state index contributed by atoms with van der Waals surface area (Å²) in [7, 11) is -3.86. The van der Waals surface area contributed by atoms with Crippen LogP contribution in [0.2, 0.25) is 0 Å². The first kappa shape index (κ1) is 24.0. The highest BCUT2D eigenvalue weighted by atomic mass is 32.2. The smallest absolute Gasteiger partial charge is 0.256 e. The van der Waals surface area contributed by atoms with E-state index in [1.54, 1.807) is 26.0 Å². The molecule has 1 atom stereocenters. The predicted molar refractivity (Wildman–Crippen MR) is 119 cm³/mol. The lowest BCUT2D eigenvalue weighted by atomic mass is 10.3. The average Bonchev–Trinajstić information content (AvgIpc) is 3.25. The zero-order valence-electron chi connectivity index (χ0n) is 16.4. The van der Waals surface area contributed by atoms with E-state index in [0.29, 0.717) is 5.76 Å². The number of furan rings is 1. The third-order valence-electron chi connectivity index (χ3n) is 3.89. The van der Waals surface area contributed by atoms with E-state index in [-0.39, 0.29) is 46.9 Å². The van der Waals surface area contributed by atoms with E-state index in [9.17, 15) is 18.1 Å². The molecule has 0 radical (unpaired) electrons. The number of nitrogens with two attached hydrogens (primary N) is 2. The first-order chi connectivity index (χ1) is 14.1. The highest BCUT2D eigenvalue weighted by Crippen LogP contribution is 2.39. The van der Waals surface area contributed by atoms with Crippen LogP contribution in [0.4, 0.5) is 11.6 Å². The van der Waals surface area contributed by atoms with Gasteiger partial charge in [-0.05, 0) is 10.5 Å². The SMILES string of the molecule is C=C(NCc1ccc(N)o1)C(=N[S+](N)[O-])Nc1csc(S(=O)(=O)N(CC)CC)c1O. The molecule has 11 nitrogen and oxygen atoms in total. The number of amidine groups is 1. The van der Waals surface area contributed by atoms with Gasteiger partial charge in [-0.25, -0.2) is 8.42 Å². The lowest BCUT2D eigenvalue weighted by Gasteiger charge is -2.17. The van der Waals surface area contributed by atoms with Gasteiger partial charge in [-0.3, -0.25) is 0 Å². The molecule has 0 aliphatic heterocycles. The molecular weight excluding hydrogens is 452 g/mol. The van der Waals surface area contributed by atoms with Crippen LogP contribution in [0.25, 0.3) is 0 Å². The minimum absolute atomic E-state index is 0.0461. The lowest BCUT2D eigenvalue weighted by molar-refractivity contribution is 0.434. The summed E-state index contributed by atoms with van der Waals surface area (Å²) in [5.41, 5.74) is 5.76. The second kappa shape index (κ2) is 10.2. The monoisotopic (exact) mass is 476 g/mol. The molecule has 0 aliphatic carbocycles. The van der Waals surface area contributed by atoms with Crippen molar-refractivity contribution in [3.8, 4) is 5.75 Å². The molecule has 30 heavy (non-hydrogen) atoms. The molecule has 0 fully saturated rings. The van der Waals surface area contributed by atoms with Crippen LogP contribution < -0.4 is 21.5 Å². The molecule has 0 spiro atoms. The van der Waals surface area contributed by atoms with Crippen LogP contribution in [0.15, 0.2) is 42.8 Å². The van der Waals surface area contributed by atoms with Crippen molar-refractivity contribution in [3.63, 3.8) is 0 Å². The fourth-order valence-electron chi connectivity index (χ4n) is 2.42. The van der Waals surface area contributed by atoms with E-state index in [2.05, 4.69) is 21.6 Å². The molecule has 7 N–H and O–H groups in total. The highest BCUT2D eigenvalue weighted by Gasteiger charge is 2.29. The molecule has 14 heteroatoms. The molecule has 0 saturated heterocycles. The van der Waals surface area contributed by atoms with E-state index >= 15 is 0 Å². The Hall–Kier alpha value is -2.23. The van der Waals surface area contributed by atoms with Crippen LogP contribution in [0.5, 0.6) is 5.75 Å². The number of hydrogen-bond acceptors (Lipinski definition) is 10. The Morgan fingerprint density at radius 3 is 2.63 bits per heavy atom. The zero-order chi connectivity index (χ0) is 22.5. The van der Waals surface area contributed by atoms with Crippen molar-refractivity contribution in [1.29, 1.82) is 0 Å².